The monoisotopic (exact) mass is 349 g/mol. The van der Waals surface area contributed by atoms with Crippen molar-refractivity contribution in [3.05, 3.63) is 38.4 Å². The fraction of sp³-hybridized carbons (Fsp3) is 0.538. The van der Waals surface area contributed by atoms with E-state index >= 15 is 0 Å². The lowest BCUT2D eigenvalue weighted by Crippen LogP contribution is -2.35. The van der Waals surface area contributed by atoms with E-state index < -0.39 is 21.6 Å². The van der Waals surface area contributed by atoms with Gasteiger partial charge in [-0.15, -0.1) is 12.4 Å². The highest BCUT2D eigenvalue weighted by atomic mass is 35.5. The summed E-state index contributed by atoms with van der Waals surface area (Å²) >= 11 is 0. The molecule has 130 valence electrons. The molecule has 1 rings (SSSR count). The van der Waals surface area contributed by atoms with Gasteiger partial charge in [-0.05, 0) is 19.2 Å². The van der Waals surface area contributed by atoms with Gasteiger partial charge in [0, 0.05) is 12.6 Å². The molecule has 0 aliphatic heterocycles. The number of nitro benzene ring substituents is 2. The molecule has 1 unspecified atom stereocenters. The summed E-state index contributed by atoms with van der Waals surface area (Å²) in [4.78, 5) is 22.1. The van der Waals surface area contributed by atoms with E-state index in [1.807, 2.05) is 18.7 Å². The van der Waals surface area contributed by atoms with Gasteiger partial charge in [0.1, 0.15) is 12.7 Å². The zero-order valence-corrected chi connectivity index (χ0v) is 13.7. The van der Waals surface area contributed by atoms with Crippen LogP contribution in [-0.4, -0.2) is 52.2 Å². The van der Waals surface area contributed by atoms with Crippen molar-refractivity contribution in [3.63, 3.8) is 0 Å². The average Bonchev–Trinajstić information content (AvgIpc) is 2.50. The molecule has 0 spiro atoms. The minimum Gasteiger partial charge on any atom is -0.484 e. The fourth-order valence-corrected chi connectivity index (χ4v) is 1.90. The second kappa shape index (κ2) is 9.93. The number of likely N-dealkylation sites (N-methyl/N-ethyl adjacent to an activating group) is 1. The molecule has 0 aromatic heterocycles. The zero-order chi connectivity index (χ0) is 16.7. The Morgan fingerprint density at radius 1 is 1.22 bits per heavy atom. The number of hydrogen-bond acceptors (Lipinski definition) is 7. The van der Waals surface area contributed by atoms with E-state index in [1.54, 1.807) is 0 Å². The van der Waals surface area contributed by atoms with Crippen LogP contribution in [0.2, 0.25) is 0 Å². The van der Waals surface area contributed by atoms with E-state index in [9.17, 15) is 25.3 Å². The van der Waals surface area contributed by atoms with Crippen LogP contribution in [0.25, 0.3) is 0 Å². The third kappa shape index (κ3) is 6.35. The van der Waals surface area contributed by atoms with Gasteiger partial charge in [0.15, 0.2) is 5.75 Å². The van der Waals surface area contributed by atoms with Crippen molar-refractivity contribution in [3.8, 4) is 5.75 Å². The molecule has 1 N–H and O–H groups in total. The van der Waals surface area contributed by atoms with Crippen molar-refractivity contribution < 1.29 is 19.7 Å². The fourth-order valence-electron chi connectivity index (χ4n) is 1.90. The molecule has 0 radical (unpaired) electrons. The summed E-state index contributed by atoms with van der Waals surface area (Å²) in [6.45, 7) is 5.70. The molecule has 1 atom stereocenters. The molecule has 1 aromatic carbocycles. The Morgan fingerprint density at radius 3 is 2.30 bits per heavy atom. The molecule has 9 nitrogen and oxygen atoms in total. The number of ether oxygens (including phenoxy) is 1. The first-order valence-electron chi connectivity index (χ1n) is 6.85. The first-order valence-corrected chi connectivity index (χ1v) is 6.85. The van der Waals surface area contributed by atoms with E-state index in [4.69, 9.17) is 4.74 Å². The number of aliphatic hydroxyl groups excluding tert-OH is 1. The summed E-state index contributed by atoms with van der Waals surface area (Å²) in [5.41, 5.74) is -0.882. The molecule has 0 heterocycles. The molecular formula is C13H20ClN3O6. The Labute approximate surface area is 139 Å². The Hall–Kier alpha value is -1.97. The number of rotatable bonds is 9. The molecule has 0 aliphatic carbocycles. The normalized spacial score (nSPS) is 11.7. The second-order valence-corrected chi connectivity index (χ2v) is 4.62. The predicted molar refractivity (Wildman–Crippen MR) is 86.3 cm³/mol. The molecule has 0 bridgehead atoms. The van der Waals surface area contributed by atoms with E-state index in [1.165, 1.54) is 6.07 Å². The molecule has 0 saturated carbocycles. The number of non-ortho nitro benzene ring substituents is 1. The summed E-state index contributed by atoms with van der Waals surface area (Å²) in [5.74, 6) is -0.103. The number of benzene rings is 1. The Bertz CT molecular complexity index is 538. The van der Waals surface area contributed by atoms with Crippen LogP contribution in [0.15, 0.2) is 18.2 Å². The standard InChI is InChI=1S/C13H19N3O6.ClH/c1-3-14(4-2)8-11(17)9-22-13-6-5-10(15(18)19)7-12(13)16(20)21;/h5-7,11,17H,3-4,8-9H2,1-2H3;1H. The van der Waals surface area contributed by atoms with Gasteiger partial charge in [-0.25, -0.2) is 0 Å². The predicted octanol–water partition coefficient (Wildman–Crippen LogP) is 2.01. The molecule has 0 amide bonds. The van der Waals surface area contributed by atoms with Crippen LogP contribution in [0.5, 0.6) is 5.75 Å². The van der Waals surface area contributed by atoms with Crippen molar-refractivity contribution in [2.75, 3.05) is 26.2 Å². The van der Waals surface area contributed by atoms with Crippen molar-refractivity contribution in [2.24, 2.45) is 0 Å². The zero-order valence-electron chi connectivity index (χ0n) is 12.9. The first-order chi connectivity index (χ1) is 10.4. The molecule has 10 heteroatoms. The van der Waals surface area contributed by atoms with Gasteiger partial charge in [-0.1, -0.05) is 13.8 Å². The second-order valence-electron chi connectivity index (χ2n) is 4.62. The smallest absolute Gasteiger partial charge is 0.317 e. The lowest BCUT2D eigenvalue weighted by molar-refractivity contribution is -0.394. The Morgan fingerprint density at radius 2 is 1.83 bits per heavy atom. The van der Waals surface area contributed by atoms with Crippen molar-refractivity contribution >= 4 is 23.8 Å². The van der Waals surface area contributed by atoms with Gasteiger partial charge in [0.05, 0.1) is 15.9 Å². The van der Waals surface area contributed by atoms with Gasteiger partial charge < -0.3 is 14.7 Å². The van der Waals surface area contributed by atoms with Crippen LogP contribution in [0.3, 0.4) is 0 Å². The van der Waals surface area contributed by atoms with E-state index in [0.29, 0.717) is 6.54 Å². The summed E-state index contributed by atoms with van der Waals surface area (Å²) < 4.78 is 5.24. The number of halogens is 1. The van der Waals surface area contributed by atoms with Crippen molar-refractivity contribution in [1.82, 2.24) is 4.90 Å². The number of nitro groups is 2. The maximum Gasteiger partial charge on any atom is 0.317 e. The largest absolute Gasteiger partial charge is 0.484 e. The van der Waals surface area contributed by atoms with Crippen LogP contribution in [0.1, 0.15) is 13.8 Å². The number of nitrogens with zero attached hydrogens (tertiary/aromatic N) is 3. The summed E-state index contributed by atoms with van der Waals surface area (Å²) in [6, 6.07) is 3.13. The average molecular weight is 350 g/mol. The van der Waals surface area contributed by atoms with Crippen LogP contribution in [-0.2, 0) is 0 Å². The van der Waals surface area contributed by atoms with Crippen LogP contribution in [0.4, 0.5) is 11.4 Å². The highest BCUT2D eigenvalue weighted by molar-refractivity contribution is 5.85. The minimum absolute atomic E-state index is 0. The van der Waals surface area contributed by atoms with E-state index in [-0.39, 0.29) is 30.5 Å². The third-order valence-corrected chi connectivity index (χ3v) is 3.14. The highest BCUT2D eigenvalue weighted by Gasteiger charge is 2.21. The van der Waals surface area contributed by atoms with Crippen molar-refractivity contribution in [1.29, 1.82) is 0 Å². The van der Waals surface area contributed by atoms with Crippen LogP contribution < -0.4 is 4.74 Å². The van der Waals surface area contributed by atoms with Crippen LogP contribution in [0, 0.1) is 20.2 Å². The van der Waals surface area contributed by atoms with Gasteiger partial charge in [0.25, 0.3) is 5.69 Å². The highest BCUT2D eigenvalue weighted by Crippen LogP contribution is 2.31. The molecule has 1 aromatic rings. The maximum atomic E-state index is 10.9. The molecular weight excluding hydrogens is 330 g/mol. The summed E-state index contributed by atoms with van der Waals surface area (Å²) in [7, 11) is 0. The number of hydrogen-bond donors (Lipinski definition) is 1. The Kier molecular flexibility index (Phi) is 9.08. The lowest BCUT2D eigenvalue weighted by atomic mass is 10.2. The maximum absolute atomic E-state index is 10.9. The van der Waals surface area contributed by atoms with Gasteiger partial charge >= 0.3 is 5.69 Å². The molecule has 0 saturated heterocycles. The lowest BCUT2D eigenvalue weighted by Gasteiger charge is -2.21. The van der Waals surface area contributed by atoms with Crippen molar-refractivity contribution in [2.45, 2.75) is 20.0 Å². The van der Waals surface area contributed by atoms with Gasteiger partial charge in [0.2, 0.25) is 0 Å². The SMILES string of the molecule is CCN(CC)CC(O)COc1ccc([N+](=O)[O-])cc1[N+](=O)[O-].Cl. The van der Waals surface area contributed by atoms with Gasteiger partial charge in [-0.2, -0.15) is 0 Å². The quantitative estimate of drug-likeness (QED) is 0.534. The molecule has 0 aliphatic rings. The molecule has 0 fully saturated rings. The first kappa shape index (κ1) is 21.0. The van der Waals surface area contributed by atoms with E-state index in [2.05, 4.69) is 0 Å². The third-order valence-electron chi connectivity index (χ3n) is 3.14. The summed E-state index contributed by atoms with van der Waals surface area (Å²) in [5, 5.41) is 31.5. The van der Waals surface area contributed by atoms with Gasteiger partial charge in [-0.3, -0.25) is 20.2 Å². The summed E-state index contributed by atoms with van der Waals surface area (Å²) in [6.07, 6.45) is -0.810. The topological polar surface area (TPSA) is 119 Å². The Balaban J connectivity index is 0.00000484. The number of aliphatic hydroxyl groups is 1. The van der Waals surface area contributed by atoms with E-state index in [0.717, 1.165) is 25.2 Å². The minimum atomic E-state index is -0.810. The van der Waals surface area contributed by atoms with Crippen LogP contribution >= 0.6 is 12.4 Å². The molecule has 23 heavy (non-hydrogen) atoms.